The van der Waals surface area contributed by atoms with E-state index in [-0.39, 0.29) is 17.4 Å². The minimum absolute atomic E-state index is 0.00635. The number of esters is 1. The Hall–Kier alpha value is -3.43. The number of benzene rings is 3. The Kier molecular flexibility index (Phi) is 7.12. The molecule has 0 radical (unpaired) electrons. The second-order valence-electron chi connectivity index (χ2n) is 7.17. The van der Waals surface area contributed by atoms with Gasteiger partial charge in [0.05, 0.1) is 12.0 Å². The maximum atomic E-state index is 12.7. The van der Waals surface area contributed by atoms with Crippen LogP contribution >= 0.6 is 0 Å². The fourth-order valence-corrected chi connectivity index (χ4v) is 4.18. The van der Waals surface area contributed by atoms with Gasteiger partial charge in [0.1, 0.15) is 18.9 Å². The van der Waals surface area contributed by atoms with Crippen molar-refractivity contribution in [1.82, 2.24) is 4.31 Å². The van der Waals surface area contributed by atoms with Gasteiger partial charge in [-0.25, -0.2) is 8.42 Å². The smallest absolute Gasteiger partial charge is 0.321 e. The summed E-state index contributed by atoms with van der Waals surface area (Å²) in [7, 11) is -0.978. The van der Waals surface area contributed by atoms with Gasteiger partial charge in [0, 0.05) is 19.7 Å². The number of amides is 1. The summed E-state index contributed by atoms with van der Waals surface area (Å²) in [5.74, 6) is -0.168. The SMILES string of the molecule is COc1ccc2cc(COC(=O)CN(C)S(=O)(=O)c3ccc(NC(C)=O)cc3)ccc2c1. The third kappa shape index (κ3) is 5.63. The predicted octanol–water partition coefficient (Wildman–Crippen LogP) is 3.17. The van der Waals surface area contributed by atoms with Crippen LogP contribution in [0.2, 0.25) is 0 Å². The zero-order chi connectivity index (χ0) is 23.3. The molecule has 0 aliphatic heterocycles. The third-order valence-electron chi connectivity index (χ3n) is 4.75. The highest BCUT2D eigenvalue weighted by atomic mass is 32.2. The molecule has 32 heavy (non-hydrogen) atoms. The van der Waals surface area contributed by atoms with Gasteiger partial charge in [-0.15, -0.1) is 0 Å². The van der Waals surface area contributed by atoms with Gasteiger partial charge in [0.15, 0.2) is 0 Å². The summed E-state index contributed by atoms with van der Waals surface area (Å²) in [4.78, 5) is 23.3. The summed E-state index contributed by atoms with van der Waals surface area (Å²) in [5, 5.41) is 4.54. The van der Waals surface area contributed by atoms with Crippen LogP contribution < -0.4 is 10.1 Å². The lowest BCUT2D eigenvalue weighted by Crippen LogP contribution is -2.33. The van der Waals surface area contributed by atoms with Crippen molar-refractivity contribution in [2.24, 2.45) is 0 Å². The molecule has 0 saturated carbocycles. The minimum atomic E-state index is -3.89. The van der Waals surface area contributed by atoms with E-state index >= 15 is 0 Å². The first-order valence-electron chi connectivity index (χ1n) is 9.75. The van der Waals surface area contributed by atoms with Gasteiger partial charge in [-0.3, -0.25) is 9.59 Å². The van der Waals surface area contributed by atoms with Gasteiger partial charge in [-0.1, -0.05) is 18.2 Å². The molecule has 1 amide bonds. The van der Waals surface area contributed by atoms with E-state index in [1.807, 2.05) is 36.4 Å². The number of hydrogen-bond donors (Lipinski definition) is 1. The van der Waals surface area contributed by atoms with Crippen molar-refractivity contribution in [2.75, 3.05) is 26.0 Å². The lowest BCUT2D eigenvalue weighted by Gasteiger charge is -2.17. The van der Waals surface area contributed by atoms with Gasteiger partial charge >= 0.3 is 5.97 Å². The first-order valence-corrected chi connectivity index (χ1v) is 11.2. The third-order valence-corrected chi connectivity index (χ3v) is 6.56. The molecule has 0 spiro atoms. The maximum Gasteiger partial charge on any atom is 0.321 e. The van der Waals surface area contributed by atoms with E-state index in [1.54, 1.807) is 7.11 Å². The van der Waals surface area contributed by atoms with Crippen LogP contribution in [0.3, 0.4) is 0 Å². The summed E-state index contributed by atoms with van der Waals surface area (Å²) in [6.45, 7) is 0.958. The number of anilines is 1. The summed E-state index contributed by atoms with van der Waals surface area (Å²) in [6, 6.07) is 17.0. The Labute approximate surface area is 186 Å². The van der Waals surface area contributed by atoms with Crippen molar-refractivity contribution in [3.8, 4) is 5.75 Å². The van der Waals surface area contributed by atoms with Crippen LogP contribution in [0.15, 0.2) is 65.6 Å². The van der Waals surface area contributed by atoms with E-state index in [0.717, 1.165) is 26.4 Å². The molecule has 3 aromatic rings. The van der Waals surface area contributed by atoms with E-state index < -0.39 is 22.5 Å². The number of likely N-dealkylation sites (N-methyl/N-ethyl adjacent to an activating group) is 1. The molecule has 0 bridgehead atoms. The van der Waals surface area contributed by atoms with E-state index in [2.05, 4.69) is 5.32 Å². The van der Waals surface area contributed by atoms with Gasteiger partial charge in [-0.05, 0) is 58.8 Å². The normalized spacial score (nSPS) is 11.4. The Bertz CT molecular complexity index is 1240. The molecule has 9 heteroatoms. The summed E-state index contributed by atoms with van der Waals surface area (Å²) in [5.41, 5.74) is 1.27. The Morgan fingerprint density at radius 3 is 2.28 bits per heavy atom. The summed E-state index contributed by atoms with van der Waals surface area (Å²) < 4.78 is 36.8. The molecule has 0 fully saturated rings. The average Bonchev–Trinajstić information content (AvgIpc) is 2.77. The van der Waals surface area contributed by atoms with Crippen molar-refractivity contribution in [2.45, 2.75) is 18.4 Å². The quantitative estimate of drug-likeness (QED) is 0.523. The molecule has 8 nitrogen and oxygen atoms in total. The van der Waals surface area contributed by atoms with E-state index in [4.69, 9.17) is 9.47 Å². The first-order chi connectivity index (χ1) is 15.2. The molecule has 3 rings (SSSR count). The minimum Gasteiger partial charge on any atom is -0.497 e. The number of hydrogen-bond acceptors (Lipinski definition) is 6. The van der Waals surface area contributed by atoms with Crippen molar-refractivity contribution in [1.29, 1.82) is 0 Å². The van der Waals surface area contributed by atoms with Crippen molar-refractivity contribution in [3.05, 3.63) is 66.2 Å². The molecule has 0 aromatic heterocycles. The van der Waals surface area contributed by atoms with Crippen LogP contribution in [0.4, 0.5) is 5.69 Å². The second kappa shape index (κ2) is 9.80. The van der Waals surface area contributed by atoms with Gasteiger partial charge in [0.2, 0.25) is 15.9 Å². The Morgan fingerprint density at radius 2 is 1.62 bits per heavy atom. The van der Waals surface area contributed by atoms with Crippen molar-refractivity contribution < 1.29 is 27.5 Å². The number of nitrogens with one attached hydrogen (secondary N) is 1. The Morgan fingerprint density at radius 1 is 0.969 bits per heavy atom. The number of methoxy groups -OCH3 is 1. The zero-order valence-electron chi connectivity index (χ0n) is 18.0. The van der Waals surface area contributed by atoms with Crippen LogP contribution in [0.5, 0.6) is 5.75 Å². The fraction of sp³-hybridized carbons (Fsp3) is 0.217. The molecular weight excluding hydrogens is 432 g/mol. The standard InChI is InChI=1S/C23H24N2O6S/c1-16(26)24-20-7-10-22(11-8-20)32(28,29)25(2)14-23(27)31-15-17-4-5-19-13-21(30-3)9-6-18(19)12-17/h4-13H,14-15H2,1-3H3,(H,24,26). The first kappa shape index (κ1) is 23.2. The monoisotopic (exact) mass is 456 g/mol. The number of carbonyl (C=O) groups excluding carboxylic acids is 2. The number of ether oxygens (including phenoxy) is 2. The molecule has 0 unspecified atom stereocenters. The lowest BCUT2D eigenvalue weighted by atomic mass is 10.1. The number of nitrogens with zero attached hydrogens (tertiary/aromatic N) is 1. The molecule has 0 heterocycles. The highest BCUT2D eigenvalue weighted by molar-refractivity contribution is 7.89. The molecule has 0 aliphatic rings. The van der Waals surface area contributed by atoms with Crippen LogP contribution in [0, 0.1) is 0 Å². The Balaban J connectivity index is 1.60. The number of fused-ring (bicyclic) bond motifs is 1. The number of sulfonamides is 1. The molecule has 168 valence electrons. The summed E-state index contributed by atoms with van der Waals surface area (Å²) >= 11 is 0. The summed E-state index contributed by atoms with van der Waals surface area (Å²) in [6.07, 6.45) is 0. The van der Waals surface area contributed by atoms with Crippen LogP contribution in [0.1, 0.15) is 12.5 Å². The van der Waals surface area contributed by atoms with Gasteiger partial charge in [0.25, 0.3) is 0 Å². The maximum absolute atomic E-state index is 12.7. The van der Waals surface area contributed by atoms with E-state index in [0.29, 0.717) is 5.69 Å². The number of carbonyl (C=O) groups is 2. The van der Waals surface area contributed by atoms with Gasteiger partial charge in [-0.2, -0.15) is 4.31 Å². The fourth-order valence-electron chi connectivity index (χ4n) is 3.06. The predicted molar refractivity (Wildman–Crippen MR) is 121 cm³/mol. The zero-order valence-corrected chi connectivity index (χ0v) is 18.8. The van der Waals surface area contributed by atoms with Crippen LogP contribution in [0.25, 0.3) is 10.8 Å². The van der Waals surface area contributed by atoms with Gasteiger partial charge < -0.3 is 14.8 Å². The highest BCUT2D eigenvalue weighted by Gasteiger charge is 2.23. The molecule has 0 atom stereocenters. The van der Waals surface area contributed by atoms with Crippen molar-refractivity contribution in [3.63, 3.8) is 0 Å². The molecule has 0 aliphatic carbocycles. The molecule has 3 aromatic carbocycles. The van der Waals surface area contributed by atoms with Crippen LogP contribution in [-0.4, -0.2) is 45.3 Å². The second-order valence-corrected chi connectivity index (χ2v) is 9.22. The van der Waals surface area contributed by atoms with E-state index in [1.165, 1.54) is 38.2 Å². The number of rotatable bonds is 8. The van der Waals surface area contributed by atoms with Crippen molar-refractivity contribution >= 4 is 38.4 Å². The molecule has 1 N–H and O–H groups in total. The van der Waals surface area contributed by atoms with E-state index in [9.17, 15) is 18.0 Å². The average molecular weight is 457 g/mol. The molecule has 0 saturated heterocycles. The highest BCUT2D eigenvalue weighted by Crippen LogP contribution is 2.22. The molecular formula is C23H24N2O6S. The van der Waals surface area contributed by atoms with Crippen LogP contribution in [-0.2, 0) is 31.0 Å². The lowest BCUT2D eigenvalue weighted by molar-refractivity contribution is -0.144. The largest absolute Gasteiger partial charge is 0.497 e. The topological polar surface area (TPSA) is 102 Å².